The van der Waals surface area contributed by atoms with E-state index in [1.165, 1.54) is 19.3 Å². The second-order valence-corrected chi connectivity index (χ2v) is 14.8. The fourth-order valence-electron chi connectivity index (χ4n) is 4.96. The number of carbonyl (C=O) groups is 2. The molecule has 0 aliphatic carbocycles. The van der Waals surface area contributed by atoms with Crippen LogP contribution < -0.4 is 5.73 Å². The molecule has 0 aliphatic rings. The largest absolute Gasteiger partial charge is 0.472 e. The molecule has 0 aromatic rings. The summed E-state index contributed by atoms with van der Waals surface area (Å²) in [6.07, 6.45) is 47.5. The normalized spacial score (nSPS) is 14.9. The summed E-state index contributed by atoms with van der Waals surface area (Å²) >= 11 is 0. The molecule has 1 unspecified atom stereocenters. The summed E-state index contributed by atoms with van der Waals surface area (Å²) in [5, 5.41) is 10.3. The van der Waals surface area contributed by atoms with Crippen LogP contribution in [0.4, 0.5) is 0 Å². The Hall–Kier alpha value is -3.11. The second-order valence-electron chi connectivity index (χ2n) is 13.3. The maximum Gasteiger partial charge on any atom is 0.472 e. The van der Waals surface area contributed by atoms with E-state index in [0.29, 0.717) is 19.3 Å². The van der Waals surface area contributed by atoms with Crippen molar-refractivity contribution in [3.8, 4) is 0 Å². The Morgan fingerprint density at radius 1 is 0.643 bits per heavy atom. The Bertz CT molecular complexity index is 1250. The lowest BCUT2D eigenvalue weighted by molar-refractivity contribution is -0.161. The first-order valence-electron chi connectivity index (χ1n) is 20.8. The van der Waals surface area contributed by atoms with Gasteiger partial charge in [0.15, 0.2) is 6.10 Å². The van der Waals surface area contributed by atoms with E-state index in [1.54, 1.807) is 12.2 Å². The van der Waals surface area contributed by atoms with Gasteiger partial charge in [-0.25, -0.2) is 4.57 Å². The molecule has 0 aromatic carbocycles. The number of hydrogen-bond acceptors (Lipinski definition) is 9. The van der Waals surface area contributed by atoms with Crippen molar-refractivity contribution >= 4 is 19.8 Å². The van der Waals surface area contributed by atoms with Gasteiger partial charge in [-0.2, -0.15) is 0 Å². The summed E-state index contributed by atoms with van der Waals surface area (Å²) in [6, 6.07) is 0. The molecule has 4 N–H and O–H groups in total. The number of hydrogen-bond donors (Lipinski definition) is 3. The smallest absolute Gasteiger partial charge is 0.462 e. The van der Waals surface area contributed by atoms with Crippen LogP contribution in [-0.2, 0) is 32.7 Å². The van der Waals surface area contributed by atoms with Crippen molar-refractivity contribution in [2.75, 3.05) is 26.4 Å². The quantitative estimate of drug-likeness (QED) is 0.0182. The number of unbranched alkanes of at least 4 members (excludes halogenated alkanes) is 7. The lowest BCUT2D eigenvalue weighted by atomic mass is 10.1. The van der Waals surface area contributed by atoms with Crippen LogP contribution in [0.15, 0.2) is 97.2 Å². The Labute approximate surface area is 339 Å². The lowest BCUT2D eigenvalue weighted by Gasteiger charge is -2.20. The van der Waals surface area contributed by atoms with Gasteiger partial charge in [0, 0.05) is 19.4 Å². The van der Waals surface area contributed by atoms with E-state index >= 15 is 0 Å². The highest BCUT2D eigenvalue weighted by Crippen LogP contribution is 2.43. The van der Waals surface area contributed by atoms with Crippen LogP contribution in [0.3, 0.4) is 0 Å². The Balaban J connectivity index is 4.45. The summed E-state index contributed by atoms with van der Waals surface area (Å²) in [7, 11) is -4.44. The van der Waals surface area contributed by atoms with Crippen LogP contribution >= 0.6 is 7.82 Å². The van der Waals surface area contributed by atoms with E-state index in [0.717, 1.165) is 70.6 Å². The van der Waals surface area contributed by atoms with Crippen LogP contribution in [0.1, 0.15) is 136 Å². The average molecular weight is 804 g/mol. The van der Waals surface area contributed by atoms with Gasteiger partial charge in [0.1, 0.15) is 6.61 Å². The van der Waals surface area contributed by atoms with Crippen molar-refractivity contribution in [3.05, 3.63) is 97.2 Å². The zero-order chi connectivity index (χ0) is 41.2. The molecule has 0 rings (SSSR count). The lowest BCUT2D eigenvalue weighted by Crippen LogP contribution is -2.29. The number of rotatable bonds is 37. The molecule has 0 heterocycles. The first-order valence-corrected chi connectivity index (χ1v) is 22.3. The molecule has 318 valence electrons. The molecule has 0 fully saturated rings. The van der Waals surface area contributed by atoms with Gasteiger partial charge in [-0.3, -0.25) is 18.6 Å². The first-order chi connectivity index (χ1) is 27.2. The average Bonchev–Trinajstić information content (AvgIpc) is 3.18. The molecule has 0 aromatic heterocycles. The minimum absolute atomic E-state index is 0.00952. The summed E-state index contributed by atoms with van der Waals surface area (Å²) in [6.45, 7) is 3.30. The maximum atomic E-state index is 12.6. The zero-order valence-electron chi connectivity index (χ0n) is 34.4. The second kappa shape index (κ2) is 40.1. The van der Waals surface area contributed by atoms with E-state index in [-0.39, 0.29) is 32.6 Å². The molecule has 0 spiro atoms. The highest BCUT2D eigenvalue weighted by molar-refractivity contribution is 7.47. The van der Waals surface area contributed by atoms with E-state index in [1.807, 2.05) is 12.2 Å². The highest BCUT2D eigenvalue weighted by Gasteiger charge is 2.26. The number of phosphoric acid groups is 1. The predicted molar refractivity (Wildman–Crippen MR) is 230 cm³/mol. The van der Waals surface area contributed by atoms with Gasteiger partial charge in [0.2, 0.25) is 0 Å². The van der Waals surface area contributed by atoms with E-state index < -0.39 is 38.6 Å². The molecule has 56 heavy (non-hydrogen) atoms. The minimum atomic E-state index is -4.44. The number of esters is 2. The number of allylic oxidation sites excluding steroid dienone is 15. The Morgan fingerprint density at radius 2 is 1.20 bits per heavy atom. The van der Waals surface area contributed by atoms with Gasteiger partial charge in [0.05, 0.1) is 19.3 Å². The van der Waals surface area contributed by atoms with Crippen molar-refractivity contribution in [3.63, 3.8) is 0 Å². The van der Waals surface area contributed by atoms with Crippen LogP contribution in [0.25, 0.3) is 0 Å². The van der Waals surface area contributed by atoms with Crippen LogP contribution in [0.2, 0.25) is 0 Å². The Morgan fingerprint density at radius 3 is 1.80 bits per heavy atom. The first kappa shape index (κ1) is 52.9. The van der Waals surface area contributed by atoms with Gasteiger partial charge < -0.3 is 25.2 Å². The molecule has 0 amide bonds. The molecular weight excluding hydrogens is 729 g/mol. The maximum absolute atomic E-state index is 12.6. The molecular formula is C45H74NO9P. The standard InChI is InChI=1S/C45H74NO9P/c1-3-5-7-9-11-13-15-17-18-19-20-22-24-26-28-30-32-36-44(48)52-40-43(41-54-56(50,51)53-39-38-46)55-45(49)37-33-35-42(47)34-31-29-27-25-23-21-16-14-12-10-8-6-4-2/h5,7,11-14,17-18,20-23,27,29,31,34,42-43,47H,3-4,6,8-10,15-16,19,24-26,28,30,32-33,35-41,46H2,1-2H3,(H,50,51)/b7-5-,13-11-,14-12-,18-17-,22-20-,23-21-,29-27-,34-31+/t42-,43+/m0/s1. The third kappa shape index (κ3) is 39.1. The van der Waals surface area contributed by atoms with Crippen LogP contribution in [0.5, 0.6) is 0 Å². The third-order valence-corrected chi connectivity index (χ3v) is 9.04. The third-order valence-electron chi connectivity index (χ3n) is 8.06. The predicted octanol–water partition coefficient (Wildman–Crippen LogP) is 10.8. The number of aliphatic hydroxyl groups is 1. The topological polar surface area (TPSA) is 155 Å². The summed E-state index contributed by atoms with van der Waals surface area (Å²) in [5.74, 6) is -1.07. The summed E-state index contributed by atoms with van der Waals surface area (Å²) in [4.78, 5) is 34.8. The minimum Gasteiger partial charge on any atom is -0.462 e. The molecule has 0 radical (unpaired) electrons. The number of phosphoric ester groups is 1. The number of carbonyl (C=O) groups excluding carboxylic acids is 2. The van der Waals surface area contributed by atoms with Gasteiger partial charge >= 0.3 is 19.8 Å². The van der Waals surface area contributed by atoms with E-state index in [9.17, 15) is 24.2 Å². The Kier molecular flexibility index (Phi) is 37.9. The number of nitrogens with two attached hydrogens (primary N) is 1. The fourth-order valence-corrected chi connectivity index (χ4v) is 5.73. The van der Waals surface area contributed by atoms with Crippen LogP contribution in [0, 0.1) is 0 Å². The molecule has 0 saturated heterocycles. The van der Waals surface area contributed by atoms with E-state index in [2.05, 4.69) is 86.8 Å². The zero-order valence-corrected chi connectivity index (χ0v) is 35.3. The van der Waals surface area contributed by atoms with Gasteiger partial charge in [-0.15, -0.1) is 0 Å². The number of aliphatic hydroxyl groups excluding tert-OH is 1. The van der Waals surface area contributed by atoms with Crippen molar-refractivity contribution in [1.82, 2.24) is 0 Å². The van der Waals surface area contributed by atoms with Crippen LogP contribution in [-0.4, -0.2) is 60.5 Å². The van der Waals surface area contributed by atoms with Crippen molar-refractivity contribution in [2.24, 2.45) is 5.73 Å². The van der Waals surface area contributed by atoms with Gasteiger partial charge in [0.25, 0.3) is 0 Å². The van der Waals surface area contributed by atoms with Gasteiger partial charge in [-0.05, 0) is 83.5 Å². The van der Waals surface area contributed by atoms with Crippen molar-refractivity contribution in [2.45, 2.75) is 148 Å². The SMILES string of the molecule is CC/C=C\C/C=C\C/C=C\C/C=C\CCCCCCC(=O)OC[C@H](COP(=O)(O)OCCN)OC(=O)CCC[C@@H](O)/C=C/C=C\C/C=C\C/C=C\CCCCC. The molecule has 0 saturated carbocycles. The molecule has 0 aliphatic heterocycles. The fraction of sp³-hybridized carbons (Fsp3) is 0.600. The molecule has 10 nitrogen and oxygen atoms in total. The summed E-state index contributed by atoms with van der Waals surface area (Å²) in [5.41, 5.74) is 5.33. The van der Waals surface area contributed by atoms with Gasteiger partial charge in [-0.1, -0.05) is 137 Å². The molecule has 11 heteroatoms. The monoisotopic (exact) mass is 804 g/mol. The van der Waals surface area contributed by atoms with Crippen molar-refractivity contribution < 1.29 is 42.7 Å². The van der Waals surface area contributed by atoms with Crippen molar-refractivity contribution in [1.29, 1.82) is 0 Å². The molecule has 0 bridgehead atoms. The highest BCUT2D eigenvalue weighted by atomic mass is 31.2. The number of ether oxygens (including phenoxy) is 2. The summed E-state index contributed by atoms with van der Waals surface area (Å²) < 4.78 is 32.6. The van der Waals surface area contributed by atoms with E-state index in [4.69, 9.17) is 24.3 Å². The molecule has 3 atom stereocenters.